The van der Waals surface area contributed by atoms with Crippen molar-refractivity contribution in [2.24, 2.45) is 0 Å². The van der Waals surface area contributed by atoms with Gasteiger partial charge >= 0.3 is 0 Å². The van der Waals surface area contributed by atoms with Crippen molar-refractivity contribution in [1.29, 1.82) is 5.26 Å². The van der Waals surface area contributed by atoms with E-state index in [2.05, 4.69) is 5.32 Å². The van der Waals surface area contributed by atoms with Gasteiger partial charge in [-0.1, -0.05) is 18.2 Å². The summed E-state index contributed by atoms with van der Waals surface area (Å²) in [6, 6.07) is 12.2. The molecule has 0 spiro atoms. The molecule has 0 bridgehead atoms. The van der Waals surface area contributed by atoms with Crippen molar-refractivity contribution in [1.82, 2.24) is 0 Å². The molecule has 4 nitrogen and oxygen atoms in total. The number of hydrogen-bond donors (Lipinski definition) is 1. The maximum Gasteiger partial charge on any atom is 0.181 e. The van der Waals surface area contributed by atoms with E-state index in [4.69, 9.17) is 5.26 Å². The zero-order valence-corrected chi connectivity index (χ0v) is 11.7. The topological polar surface area (TPSA) is 70.0 Å². The van der Waals surface area contributed by atoms with E-state index in [1.807, 2.05) is 0 Å². The predicted octanol–water partition coefficient (Wildman–Crippen LogP) is 2.64. The van der Waals surface area contributed by atoms with Crippen LogP contribution in [0.2, 0.25) is 0 Å². The van der Waals surface area contributed by atoms with Crippen molar-refractivity contribution < 1.29 is 12.8 Å². The molecule has 0 aliphatic carbocycles. The van der Waals surface area contributed by atoms with Gasteiger partial charge in [0.25, 0.3) is 0 Å². The van der Waals surface area contributed by atoms with Crippen molar-refractivity contribution in [2.75, 3.05) is 11.1 Å². The second-order valence-corrected chi connectivity index (χ2v) is 6.83. The molecule has 1 aliphatic heterocycles. The van der Waals surface area contributed by atoms with E-state index in [-0.39, 0.29) is 11.3 Å². The Bertz CT molecular complexity index is 856. The van der Waals surface area contributed by atoms with Crippen LogP contribution in [0.5, 0.6) is 0 Å². The van der Waals surface area contributed by atoms with Gasteiger partial charge in [-0.15, -0.1) is 0 Å². The van der Waals surface area contributed by atoms with Crippen LogP contribution in [0, 0.1) is 17.1 Å². The third-order valence-electron chi connectivity index (χ3n) is 3.44. The minimum atomic E-state index is -3.30. The Balaban J connectivity index is 1.96. The van der Waals surface area contributed by atoms with Crippen LogP contribution < -0.4 is 5.32 Å². The minimum Gasteiger partial charge on any atom is -0.377 e. The molecular weight excluding hydrogens is 291 g/mol. The predicted molar refractivity (Wildman–Crippen MR) is 76.0 cm³/mol. The Morgan fingerprint density at radius 1 is 1.24 bits per heavy atom. The molecule has 0 saturated carbocycles. The lowest BCUT2D eigenvalue weighted by Crippen LogP contribution is -2.13. The first-order valence-corrected chi connectivity index (χ1v) is 7.94. The van der Waals surface area contributed by atoms with Crippen LogP contribution in [-0.2, 0) is 9.84 Å². The van der Waals surface area contributed by atoms with E-state index in [0.29, 0.717) is 16.1 Å². The largest absolute Gasteiger partial charge is 0.377 e. The van der Waals surface area contributed by atoms with E-state index in [0.717, 1.165) is 0 Å². The van der Waals surface area contributed by atoms with E-state index in [9.17, 15) is 12.8 Å². The number of rotatable bonds is 2. The van der Waals surface area contributed by atoms with Gasteiger partial charge in [0.15, 0.2) is 9.84 Å². The van der Waals surface area contributed by atoms with Crippen molar-refractivity contribution in [3.05, 3.63) is 59.4 Å². The lowest BCUT2D eigenvalue weighted by molar-refractivity contribution is 0.598. The summed E-state index contributed by atoms with van der Waals surface area (Å²) in [5.41, 5.74) is 1.14. The highest BCUT2D eigenvalue weighted by atomic mass is 32.2. The number of nitrogens with one attached hydrogen (secondary N) is 1. The Labute approximate surface area is 121 Å². The second kappa shape index (κ2) is 4.86. The molecule has 1 N–H and O–H groups in total. The molecule has 1 heterocycles. The summed E-state index contributed by atoms with van der Waals surface area (Å²) < 4.78 is 37.5. The molecule has 21 heavy (non-hydrogen) atoms. The first-order chi connectivity index (χ1) is 10.0. The van der Waals surface area contributed by atoms with Gasteiger partial charge in [-0.05, 0) is 29.8 Å². The molecule has 0 amide bonds. The van der Waals surface area contributed by atoms with Gasteiger partial charge in [0.2, 0.25) is 0 Å². The number of hydrogen-bond acceptors (Lipinski definition) is 4. The zero-order chi connectivity index (χ0) is 15.0. The fourth-order valence-corrected chi connectivity index (χ4v) is 4.21. The number of fused-ring (bicyclic) bond motifs is 1. The molecule has 6 heteroatoms. The highest BCUT2D eigenvalue weighted by Gasteiger charge is 2.34. The first-order valence-electron chi connectivity index (χ1n) is 6.29. The summed E-state index contributed by atoms with van der Waals surface area (Å²) in [7, 11) is -3.30. The van der Waals surface area contributed by atoms with Crippen molar-refractivity contribution in [3.8, 4) is 6.07 Å². The van der Waals surface area contributed by atoms with Gasteiger partial charge in [0.05, 0.1) is 22.3 Å². The number of halogens is 1. The maximum absolute atomic E-state index is 13.3. The van der Waals surface area contributed by atoms with E-state index < -0.39 is 21.7 Å². The van der Waals surface area contributed by atoms with Gasteiger partial charge in [-0.25, -0.2) is 12.8 Å². The normalized spacial score (nSPS) is 18.8. The summed E-state index contributed by atoms with van der Waals surface area (Å²) >= 11 is 0. The third-order valence-corrected chi connectivity index (χ3v) is 5.26. The van der Waals surface area contributed by atoms with Crippen LogP contribution in [0.1, 0.15) is 17.2 Å². The summed E-state index contributed by atoms with van der Waals surface area (Å²) in [6.07, 6.45) is 0. The lowest BCUT2D eigenvalue weighted by atomic mass is 10.1. The molecule has 0 fully saturated rings. The van der Waals surface area contributed by atoms with Crippen molar-refractivity contribution in [2.45, 2.75) is 10.9 Å². The summed E-state index contributed by atoms with van der Waals surface area (Å²) in [5, 5.41) is 11.9. The van der Waals surface area contributed by atoms with Crippen LogP contribution in [0.3, 0.4) is 0 Å². The average Bonchev–Trinajstić information content (AvgIpc) is 2.73. The van der Waals surface area contributed by atoms with Gasteiger partial charge < -0.3 is 5.32 Å². The van der Waals surface area contributed by atoms with Crippen molar-refractivity contribution in [3.63, 3.8) is 0 Å². The molecule has 106 valence electrons. The number of sulfone groups is 1. The monoisotopic (exact) mass is 302 g/mol. The number of nitriles is 1. The highest BCUT2D eigenvalue weighted by Crippen LogP contribution is 2.35. The smallest absolute Gasteiger partial charge is 0.181 e. The van der Waals surface area contributed by atoms with Gasteiger partial charge in [-0.2, -0.15) is 5.26 Å². The molecule has 1 aliphatic rings. The Morgan fingerprint density at radius 2 is 2.00 bits per heavy atom. The summed E-state index contributed by atoms with van der Waals surface area (Å²) in [5.74, 6) is -0.645. The molecule has 1 atom stereocenters. The van der Waals surface area contributed by atoms with Gasteiger partial charge in [-0.3, -0.25) is 0 Å². The van der Waals surface area contributed by atoms with Gasteiger partial charge in [0, 0.05) is 5.69 Å². The molecule has 0 radical (unpaired) electrons. The van der Waals surface area contributed by atoms with E-state index in [1.54, 1.807) is 30.3 Å². The lowest BCUT2D eigenvalue weighted by Gasteiger charge is -2.14. The number of benzene rings is 2. The first kappa shape index (κ1) is 13.6. The number of nitrogens with zero attached hydrogens (tertiary/aromatic N) is 1. The Hall–Kier alpha value is -2.39. The fraction of sp³-hybridized carbons (Fsp3) is 0.133. The minimum absolute atomic E-state index is 0.0500. The van der Waals surface area contributed by atoms with Crippen LogP contribution in [0.15, 0.2) is 47.4 Å². The zero-order valence-electron chi connectivity index (χ0n) is 10.9. The summed E-state index contributed by atoms with van der Waals surface area (Å²) in [4.78, 5) is 0.324. The molecule has 2 aromatic carbocycles. The van der Waals surface area contributed by atoms with Crippen LogP contribution in [0.4, 0.5) is 10.1 Å². The van der Waals surface area contributed by atoms with E-state index >= 15 is 0 Å². The average molecular weight is 302 g/mol. The molecule has 3 rings (SSSR count). The van der Waals surface area contributed by atoms with Crippen LogP contribution >= 0.6 is 0 Å². The summed E-state index contributed by atoms with van der Waals surface area (Å²) in [6.45, 7) is 0. The molecular formula is C15H11FN2O2S. The van der Waals surface area contributed by atoms with Crippen LogP contribution in [-0.4, -0.2) is 14.2 Å². The molecule has 2 aromatic rings. The maximum atomic E-state index is 13.3. The van der Waals surface area contributed by atoms with Gasteiger partial charge in [0.1, 0.15) is 11.9 Å². The number of anilines is 1. The van der Waals surface area contributed by atoms with Crippen LogP contribution in [0.25, 0.3) is 0 Å². The molecule has 1 unspecified atom stereocenters. The Kier molecular flexibility index (Phi) is 3.15. The molecule has 0 aromatic heterocycles. The quantitative estimate of drug-likeness (QED) is 0.926. The fourth-order valence-electron chi connectivity index (χ4n) is 2.47. The van der Waals surface area contributed by atoms with Crippen molar-refractivity contribution >= 4 is 15.5 Å². The third kappa shape index (κ3) is 2.36. The van der Waals surface area contributed by atoms with E-state index in [1.165, 1.54) is 18.2 Å². The second-order valence-electron chi connectivity index (χ2n) is 4.82. The Morgan fingerprint density at radius 3 is 2.76 bits per heavy atom. The highest BCUT2D eigenvalue weighted by molar-refractivity contribution is 7.91. The standard InChI is InChI=1S/C15H11FN2O2S/c16-13-6-5-11(7-10(13)8-17)18-14-9-21(19,20)15-4-2-1-3-12(14)15/h1-7,14,18H,9H2. The molecule has 0 saturated heterocycles. The SMILES string of the molecule is N#Cc1cc(NC2CS(=O)(=O)c3ccccc32)ccc1F.